The maximum absolute atomic E-state index is 12.1. The Bertz CT molecular complexity index is 873. The highest BCUT2D eigenvalue weighted by Gasteiger charge is 2.12. The molecular weight excluding hydrogens is 314 g/mol. The van der Waals surface area contributed by atoms with Crippen LogP contribution >= 0.6 is 0 Å². The van der Waals surface area contributed by atoms with Crippen LogP contribution in [0.15, 0.2) is 64.1 Å². The molecule has 5 heteroatoms. The molecule has 0 aliphatic carbocycles. The second-order valence-corrected chi connectivity index (χ2v) is 6.13. The van der Waals surface area contributed by atoms with Crippen LogP contribution in [0.25, 0.3) is 11.0 Å². The number of carbonyl (C=O) groups excluding carboxylic acids is 1. The van der Waals surface area contributed by atoms with Crippen LogP contribution in [-0.2, 0) is 0 Å². The third-order valence-electron chi connectivity index (χ3n) is 4.39. The first-order chi connectivity index (χ1) is 12.3. The summed E-state index contributed by atoms with van der Waals surface area (Å²) in [6, 6.07) is 17.4. The van der Waals surface area contributed by atoms with Gasteiger partial charge >= 0.3 is 5.91 Å². The molecule has 5 nitrogen and oxygen atoms in total. The van der Waals surface area contributed by atoms with Gasteiger partial charge in [0, 0.05) is 24.2 Å². The largest absolute Gasteiger partial charge is 0.451 e. The number of nitrogens with one attached hydrogen (secondary N) is 1. The average molecular weight is 333 g/mol. The summed E-state index contributed by atoms with van der Waals surface area (Å²) < 4.78 is 5.51. The van der Waals surface area contributed by atoms with E-state index in [1.807, 2.05) is 36.4 Å². The predicted octanol–water partition coefficient (Wildman–Crippen LogP) is 3.80. The van der Waals surface area contributed by atoms with Crippen molar-refractivity contribution in [3.63, 3.8) is 0 Å². The van der Waals surface area contributed by atoms with E-state index in [0.717, 1.165) is 24.0 Å². The number of furan rings is 1. The maximum Gasteiger partial charge on any atom is 0.307 e. The zero-order valence-corrected chi connectivity index (χ0v) is 13.8. The topological polar surface area (TPSA) is 57.8 Å². The third-order valence-corrected chi connectivity index (χ3v) is 4.39. The Labute approximate surface area is 145 Å². The third kappa shape index (κ3) is 3.40. The van der Waals surface area contributed by atoms with Crippen LogP contribution in [-0.4, -0.2) is 25.2 Å². The molecule has 1 fully saturated rings. The van der Waals surface area contributed by atoms with Crippen LogP contribution in [0.5, 0.6) is 0 Å². The van der Waals surface area contributed by atoms with Crippen LogP contribution in [0.4, 0.5) is 5.69 Å². The zero-order chi connectivity index (χ0) is 17.1. The van der Waals surface area contributed by atoms with E-state index in [1.54, 1.807) is 12.3 Å². The van der Waals surface area contributed by atoms with Gasteiger partial charge in [0.05, 0.1) is 6.21 Å². The summed E-state index contributed by atoms with van der Waals surface area (Å²) in [5.74, 6) is -0.108. The molecule has 0 bridgehead atoms. The molecule has 1 saturated heterocycles. The quantitative estimate of drug-likeness (QED) is 0.584. The summed E-state index contributed by atoms with van der Waals surface area (Å²) in [5.41, 5.74) is 5.37. The summed E-state index contributed by atoms with van der Waals surface area (Å²) in [5, 5.41) is 4.91. The first-order valence-corrected chi connectivity index (χ1v) is 8.46. The monoisotopic (exact) mass is 333 g/mol. The highest BCUT2D eigenvalue weighted by Crippen LogP contribution is 2.20. The van der Waals surface area contributed by atoms with Crippen molar-refractivity contribution >= 4 is 28.8 Å². The summed E-state index contributed by atoms with van der Waals surface area (Å²) in [6.45, 7) is 2.25. The molecule has 2 aromatic carbocycles. The van der Waals surface area contributed by atoms with Crippen molar-refractivity contribution in [2.75, 3.05) is 18.0 Å². The molecule has 2 heterocycles. The molecule has 0 unspecified atom stereocenters. The van der Waals surface area contributed by atoms with Crippen molar-refractivity contribution in [3.05, 3.63) is 65.9 Å². The van der Waals surface area contributed by atoms with Crippen molar-refractivity contribution in [1.29, 1.82) is 0 Å². The average Bonchev–Trinajstić information content (AvgIpc) is 3.32. The Hall–Kier alpha value is -3.08. The molecule has 0 saturated carbocycles. The summed E-state index contributed by atoms with van der Waals surface area (Å²) in [4.78, 5) is 14.5. The Morgan fingerprint density at radius 3 is 2.60 bits per heavy atom. The normalized spacial score (nSPS) is 14.5. The Morgan fingerprint density at radius 1 is 1.08 bits per heavy atom. The first kappa shape index (κ1) is 15.4. The number of hydrazone groups is 1. The second-order valence-electron chi connectivity index (χ2n) is 6.13. The number of benzene rings is 2. The van der Waals surface area contributed by atoms with Gasteiger partial charge in [-0.2, -0.15) is 5.10 Å². The van der Waals surface area contributed by atoms with E-state index >= 15 is 0 Å². The molecular formula is C20H19N3O2. The number of carbonyl (C=O) groups is 1. The number of rotatable bonds is 4. The van der Waals surface area contributed by atoms with Gasteiger partial charge in [0.25, 0.3) is 0 Å². The molecule has 25 heavy (non-hydrogen) atoms. The van der Waals surface area contributed by atoms with Crippen LogP contribution in [0.1, 0.15) is 29.0 Å². The van der Waals surface area contributed by atoms with Crippen LogP contribution in [0, 0.1) is 0 Å². The van der Waals surface area contributed by atoms with Gasteiger partial charge in [0.15, 0.2) is 5.76 Å². The lowest BCUT2D eigenvalue weighted by Crippen LogP contribution is -2.17. The number of fused-ring (bicyclic) bond motifs is 1. The van der Waals surface area contributed by atoms with Crippen molar-refractivity contribution in [1.82, 2.24) is 5.43 Å². The second kappa shape index (κ2) is 6.81. The van der Waals surface area contributed by atoms with Gasteiger partial charge in [-0.15, -0.1) is 0 Å². The Kier molecular flexibility index (Phi) is 4.21. The van der Waals surface area contributed by atoms with Gasteiger partial charge in [-0.1, -0.05) is 30.3 Å². The minimum Gasteiger partial charge on any atom is -0.451 e. The lowest BCUT2D eigenvalue weighted by molar-refractivity contribution is 0.0929. The first-order valence-electron chi connectivity index (χ1n) is 8.46. The molecule has 1 N–H and O–H groups in total. The van der Waals surface area contributed by atoms with Crippen molar-refractivity contribution < 1.29 is 9.21 Å². The van der Waals surface area contributed by atoms with Crippen molar-refractivity contribution in [2.24, 2.45) is 5.10 Å². The molecule has 1 aliphatic heterocycles. The van der Waals surface area contributed by atoms with Crippen LogP contribution in [0.2, 0.25) is 0 Å². The summed E-state index contributed by atoms with van der Waals surface area (Å²) in [7, 11) is 0. The van der Waals surface area contributed by atoms with Gasteiger partial charge in [-0.25, -0.2) is 5.43 Å². The van der Waals surface area contributed by atoms with Gasteiger partial charge < -0.3 is 9.32 Å². The number of para-hydroxylation sites is 1. The van der Waals surface area contributed by atoms with Crippen molar-refractivity contribution in [3.8, 4) is 0 Å². The van der Waals surface area contributed by atoms with Gasteiger partial charge in [-0.3, -0.25) is 4.79 Å². The maximum atomic E-state index is 12.1. The molecule has 3 aromatic rings. The highest BCUT2D eigenvalue weighted by molar-refractivity contribution is 5.96. The zero-order valence-electron chi connectivity index (χ0n) is 13.8. The fourth-order valence-electron chi connectivity index (χ4n) is 3.06. The van der Waals surface area contributed by atoms with E-state index in [-0.39, 0.29) is 11.7 Å². The smallest absolute Gasteiger partial charge is 0.307 e. The molecule has 0 spiro atoms. The molecule has 1 aliphatic rings. The number of hydrogen-bond donors (Lipinski definition) is 1. The minimum atomic E-state index is -0.360. The highest BCUT2D eigenvalue weighted by atomic mass is 16.3. The Balaban J connectivity index is 1.39. The van der Waals surface area contributed by atoms with E-state index in [9.17, 15) is 4.79 Å². The SMILES string of the molecule is O=C(N/N=C/c1ccc(N2CCCC2)cc1)c1cc2ccccc2o1. The molecule has 1 amide bonds. The van der Waals surface area contributed by atoms with E-state index in [0.29, 0.717) is 5.58 Å². The Morgan fingerprint density at radius 2 is 1.84 bits per heavy atom. The number of nitrogens with zero attached hydrogens (tertiary/aromatic N) is 2. The number of hydrogen-bond acceptors (Lipinski definition) is 4. The molecule has 0 radical (unpaired) electrons. The number of anilines is 1. The van der Waals surface area contributed by atoms with Gasteiger partial charge in [0.1, 0.15) is 5.58 Å². The standard InChI is InChI=1S/C20H19N3O2/c24-20(19-13-16-5-1-2-6-18(16)25-19)22-21-14-15-7-9-17(10-8-15)23-11-3-4-12-23/h1-2,5-10,13-14H,3-4,11-12H2,(H,22,24)/b21-14+. The summed E-state index contributed by atoms with van der Waals surface area (Å²) >= 11 is 0. The fourth-order valence-corrected chi connectivity index (χ4v) is 3.06. The molecule has 1 aromatic heterocycles. The number of amides is 1. The van der Waals surface area contributed by atoms with E-state index in [4.69, 9.17) is 4.42 Å². The van der Waals surface area contributed by atoms with Crippen LogP contribution in [0.3, 0.4) is 0 Å². The van der Waals surface area contributed by atoms with E-state index in [2.05, 4.69) is 27.6 Å². The predicted molar refractivity (Wildman–Crippen MR) is 99.2 cm³/mol. The van der Waals surface area contributed by atoms with Gasteiger partial charge in [0.2, 0.25) is 0 Å². The summed E-state index contributed by atoms with van der Waals surface area (Å²) in [6.07, 6.45) is 4.16. The minimum absolute atomic E-state index is 0.253. The van der Waals surface area contributed by atoms with E-state index in [1.165, 1.54) is 18.5 Å². The van der Waals surface area contributed by atoms with Gasteiger partial charge in [-0.05, 0) is 42.7 Å². The fraction of sp³-hybridized carbons (Fsp3) is 0.200. The lowest BCUT2D eigenvalue weighted by atomic mass is 10.2. The molecule has 126 valence electrons. The molecule has 4 rings (SSSR count). The lowest BCUT2D eigenvalue weighted by Gasteiger charge is -2.17. The van der Waals surface area contributed by atoms with Crippen LogP contribution < -0.4 is 10.3 Å². The molecule has 0 atom stereocenters. The van der Waals surface area contributed by atoms with E-state index < -0.39 is 0 Å². The van der Waals surface area contributed by atoms with Crippen molar-refractivity contribution in [2.45, 2.75) is 12.8 Å².